The molecule has 17 heavy (non-hydrogen) atoms. The third-order valence-corrected chi connectivity index (χ3v) is 3.78. The highest BCUT2D eigenvalue weighted by atomic mass is 16.4. The van der Waals surface area contributed by atoms with E-state index in [-0.39, 0.29) is 6.04 Å². The van der Waals surface area contributed by atoms with Crippen LogP contribution in [0.4, 0.5) is 0 Å². The number of hydrogen-bond acceptors (Lipinski definition) is 4. The summed E-state index contributed by atoms with van der Waals surface area (Å²) in [6.45, 7) is 2.11. The second-order valence-corrected chi connectivity index (χ2v) is 4.97. The average molecular weight is 237 g/mol. The fraction of sp³-hybridized carbons (Fsp3) is 0.846. The molecule has 0 bridgehead atoms. The average Bonchev–Trinajstić information content (AvgIpc) is 2.99. The molecule has 96 valence electrons. The van der Waals surface area contributed by atoms with Gasteiger partial charge in [-0.2, -0.15) is 0 Å². The minimum Gasteiger partial charge on any atom is -0.424 e. The van der Waals surface area contributed by atoms with Crippen LogP contribution in [0.3, 0.4) is 0 Å². The molecule has 1 fully saturated rings. The summed E-state index contributed by atoms with van der Waals surface area (Å²) in [5.41, 5.74) is 0. The largest absolute Gasteiger partial charge is 0.424 e. The molecule has 1 atom stereocenters. The number of rotatable bonds is 6. The van der Waals surface area contributed by atoms with Crippen molar-refractivity contribution in [1.29, 1.82) is 0 Å². The van der Waals surface area contributed by atoms with Gasteiger partial charge in [-0.05, 0) is 25.8 Å². The van der Waals surface area contributed by atoms with Crippen molar-refractivity contribution in [2.24, 2.45) is 5.92 Å². The highest BCUT2D eigenvalue weighted by Gasteiger charge is 2.18. The van der Waals surface area contributed by atoms with E-state index in [0.717, 1.165) is 30.5 Å². The van der Waals surface area contributed by atoms with Gasteiger partial charge in [-0.15, -0.1) is 10.2 Å². The van der Waals surface area contributed by atoms with Gasteiger partial charge in [0.05, 0.1) is 6.04 Å². The molecule has 1 aromatic rings. The molecule has 4 nitrogen and oxygen atoms in total. The Kier molecular flexibility index (Phi) is 4.54. The molecule has 1 aromatic heterocycles. The van der Waals surface area contributed by atoms with Crippen LogP contribution in [-0.4, -0.2) is 17.2 Å². The van der Waals surface area contributed by atoms with Crippen molar-refractivity contribution in [3.8, 4) is 0 Å². The van der Waals surface area contributed by atoms with E-state index in [1.807, 2.05) is 7.05 Å². The third kappa shape index (κ3) is 3.28. The first-order valence-corrected chi connectivity index (χ1v) is 6.83. The Hall–Kier alpha value is -0.900. The van der Waals surface area contributed by atoms with Crippen molar-refractivity contribution in [2.75, 3.05) is 7.05 Å². The Morgan fingerprint density at radius 1 is 1.35 bits per heavy atom. The van der Waals surface area contributed by atoms with Crippen LogP contribution in [0.5, 0.6) is 0 Å². The lowest BCUT2D eigenvalue weighted by molar-refractivity contribution is 0.374. The van der Waals surface area contributed by atoms with E-state index in [4.69, 9.17) is 4.42 Å². The first-order valence-electron chi connectivity index (χ1n) is 6.83. The Bertz CT molecular complexity index is 327. The van der Waals surface area contributed by atoms with Crippen LogP contribution in [0, 0.1) is 5.92 Å². The molecule has 4 heteroatoms. The summed E-state index contributed by atoms with van der Waals surface area (Å²) in [7, 11) is 1.93. The van der Waals surface area contributed by atoms with E-state index in [9.17, 15) is 0 Å². The molecular formula is C13H23N3O. The van der Waals surface area contributed by atoms with Crippen molar-refractivity contribution < 1.29 is 4.42 Å². The Morgan fingerprint density at radius 2 is 2.12 bits per heavy atom. The molecule has 1 aliphatic carbocycles. The van der Waals surface area contributed by atoms with Gasteiger partial charge in [0.2, 0.25) is 11.8 Å². The molecule has 0 aromatic carbocycles. The molecule has 1 heterocycles. The molecular weight excluding hydrogens is 214 g/mol. The van der Waals surface area contributed by atoms with Crippen LogP contribution in [0.1, 0.15) is 63.3 Å². The minimum absolute atomic E-state index is 0.197. The van der Waals surface area contributed by atoms with Crippen LogP contribution in [-0.2, 0) is 6.42 Å². The molecule has 1 saturated carbocycles. The predicted octanol–water partition coefficient (Wildman–Crippen LogP) is 2.86. The molecule has 0 radical (unpaired) electrons. The van der Waals surface area contributed by atoms with Gasteiger partial charge < -0.3 is 9.73 Å². The van der Waals surface area contributed by atoms with E-state index in [0.29, 0.717) is 0 Å². The Labute approximate surface area is 103 Å². The number of aryl methyl sites for hydroxylation is 1. The van der Waals surface area contributed by atoms with Crippen molar-refractivity contribution >= 4 is 0 Å². The number of aromatic nitrogens is 2. The summed E-state index contributed by atoms with van der Waals surface area (Å²) in [5, 5.41) is 11.4. The van der Waals surface area contributed by atoms with E-state index < -0.39 is 0 Å². The predicted molar refractivity (Wildman–Crippen MR) is 66.7 cm³/mol. The normalized spacial score (nSPS) is 18.7. The molecule has 1 unspecified atom stereocenters. The smallest absolute Gasteiger partial charge is 0.233 e. The fourth-order valence-electron chi connectivity index (χ4n) is 2.64. The quantitative estimate of drug-likeness (QED) is 0.826. The molecule has 1 aliphatic rings. The highest BCUT2D eigenvalue weighted by Crippen LogP contribution is 2.28. The second kappa shape index (κ2) is 6.15. The molecule has 0 aliphatic heterocycles. The zero-order valence-electron chi connectivity index (χ0n) is 10.9. The van der Waals surface area contributed by atoms with E-state index in [1.165, 1.54) is 32.1 Å². The Morgan fingerprint density at radius 3 is 2.76 bits per heavy atom. The van der Waals surface area contributed by atoms with Gasteiger partial charge in [0, 0.05) is 6.42 Å². The van der Waals surface area contributed by atoms with E-state index >= 15 is 0 Å². The van der Waals surface area contributed by atoms with Crippen LogP contribution in [0.15, 0.2) is 4.42 Å². The van der Waals surface area contributed by atoms with E-state index in [1.54, 1.807) is 0 Å². The van der Waals surface area contributed by atoms with Gasteiger partial charge >= 0.3 is 0 Å². The summed E-state index contributed by atoms with van der Waals surface area (Å²) in [5.74, 6) is 2.42. The third-order valence-electron chi connectivity index (χ3n) is 3.78. The summed E-state index contributed by atoms with van der Waals surface area (Å²) in [6, 6.07) is 0.197. The maximum atomic E-state index is 5.70. The van der Waals surface area contributed by atoms with Crippen LogP contribution < -0.4 is 5.32 Å². The zero-order valence-corrected chi connectivity index (χ0v) is 10.9. The SMILES string of the molecule is CCC(NC)c1nnc(CCC2CCCC2)o1. The topological polar surface area (TPSA) is 51.0 Å². The van der Waals surface area contributed by atoms with Gasteiger partial charge in [0.25, 0.3) is 0 Å². The molecule has 1 N–H and O–H groups in total. The second-order valence-electron chi connectivity index (χ2n) is 4.97. The van der Waals surface area contributed by atoms with Crippen molar-refractivity contribution in [3.63, 3.8) is 0 Å². The molecule has 0 saturated heterocycles. The fourth-order valence-corrected chi connectivity index (χ4v) is 2.64. The first kappa shape index (κ1) is 12.6. The monoisotopic (exact) mass is 237 g/mol. The zero-order chi connectivity index (χ0) is 12.1. The number of nitrogens with zero attached hydrogens (tertiary/aromatic N) is 2. The van der Waals surface area contributed by atoms with Crippen LogP contribution in [0.2, 0.25) is 0 Å². The maximum Gasteiger partial charge on any atom is 0.233 e. The van der Waals surface area contributed by atoms with Gasteiger partial charge in [0.1, 0.15) is 0 Å². The molecule has 2 rings (SSSR count). The van der Waals surface area contributed by atoms with Gasteiger partial charge in [-0.3, -0.25) is 0 Å². The summed E-state index contributed by atoms with van der Waals surface area (Å²) in [4.78, 5) is 0. The highest BCUT2D eigenvalue weighted by molar-refractivity contribution is 4.89. The lowest BCUT2D eigenvalue weighted by Crippen LogP contribution is -2.15. The van der Waals surface area contributed by atoms with Gasteiger partial charge in [-0.1, -0.05) is 32.6 Å². The number of nitrogens with one attached hydrogen (secondary N) is 1. The van der Waals surface area contributed by atoms with Crippen molar-refractivity contribution in [2.45, 2.75) is 57.9 Å². The molecule has 0 spiro atoms. The van der Waals surface area contributed by atoms with Crippen LogP contribution in [0.25, 0.3) is 0 Å². The lowest BCUT2D eigenvalue weighted by atomic mass is 10.0. The van der Waals surface area contributed by atoms with Crippen LogP contribution >= 0.6 is 0 Å². The summed E-state index contributed by atoms with van der Waals surface area (Å²) >= 11 is 0. The van der Waals surface area contributed by atoms with Gasteiger partial charge in [-0.25, -0.2) is 0 Å². The van der Waals surface area contributed by atoms with Crippen molar-refractivity contribution in [1.82, 2.24) is 15.5 Å². The maximum absolute atomic E-state index is 5.70. The van der Waals surface area contributed by atoms with Crippen molar-refractivity contribution in [3.05, 3.63) is 11.8 Å². The summed E-state index contributed by atoms with van der Waals surface area (Å²) < 4.78 is 5.70. The first-order chi connectivity index (χ1) is 8.33. The Balaban J connectivity index is 1.84. The van der Waals surface area contributed by atoms with E-state index in [2.05, 4.69) is 22.4 Å². The minimum atomic E-state index is 0.197. The molecule has 0 amide bonds. The lowest BCUT2D eigenvalue weighted by Gasteiger charge is -2.07. The summed E-state index contributed by atoms with van der Waals surface area (Å²) in [6.07, 6.45) is 8.69. The standard InChI is InChI=1S/C13H23N3O/c1-3-11(14-2)13-16-15-12(17-13)9-8-10-6-4-5-7-10/h10-11,14H,3-9H2,1-2H3. The number of hydrogen-bond donors (Lipinski definition) is 1. The van der Waals surface area contributed by atoms with Gasteiger partial charge in [0.15, 0.2) is 0 Å².